The molecule has 0 radical (unpaired) electrons. The van der Waals surface area contributed by atoms with Crippen LogP contribution < -0.4 is 20.5 Å². The van der Waals surface area contributed by atoms with Gasteiger partial charge in [0.05, 0.1) is 26.5 Å². The molecule has 0 amide bonds. The van der Waals surface area contributed by atoms with E-state index in [1.54, 1.807) is 25.6 Å². The SMILES string of the molecule is COc1ccc(CCNC(N)=NCc2csc(-c3ccccc3)n2)cc1OC. The van der Waals surface area contributed by atoms with E-state index >= 15 is 0 Å². The van der Waals surface area contributed by atoms with Crippen molar-refractivity contribution in [3.05, 3.63) is 65.2 Å². The molecule has 3 rings (SSSR count). The number of nitrogens with one attached hydrogen (secondary N) is 1. The van der Waals surface area contributed by atoms with Gasteiger partial charge in [0, 0.05) is 17.5 Å². The lowest BCUT2D eigenvalue weighted by molar-refractivity contribution is 0.354. The lowest BCUT2D eigenvalue weighted by Crippen LogP contribution is -2.33. The fourth-order valence-corrected chi connectivity index (χ4v) is 3.50. The number of benzene rings is 2. The van der Waals surface area contributed by atoms with Crippen molar-refractivity contribution >= 4 is 17.3 Å². The second kappa shape index (κ2) is 9.75. The average molecular weight is 397 g/mol. The molecule has 6 nitrogen and oxygen atoms in total. The van der Waals surface area contributed by atoms with Crippen LogP contribution in [-0.2, 0) is 13.0 Å². The predicted octanol–water partition coefficient (Wildman–Crippen LogP) is 3.47. The van der Waals surface area contributed by atoms with Gasteiger partial charge in [0.15, 0.2) is 17.5 Å². The van der Waals surface area contributed by atoms with Gasteiger partial charge in [0.25, 0.3) is 0 Å². The molecular formula is C21H24N4O2S. The molecule has 1 aromatic heterocycles. The molecule has 0 aliphatic heterocycles. The zero-order chi connectivity index (χ0) is 19.8. The summed E-state index contributed by atoms with van der Waals surface area (Å²) in [5.41, 5.74) is 9.13. The van der Waals surface area contributed by atoms with Gasteiger partial charge in [0.1, 0.15) is 5.01 Å². The van der Waals surface area contributed by atoms with Crippen molar-refractivity contribution in [2.45, 2.75) is 13.0 Å². The summed E-state index contributed by atoms with van der Waals surface area (Å²) in [6, 6.07) is 16.0. The van der Waals surface area contributed by atoms with Crippen molar-refractivity contribution in [1.29, 1.82) is 0 Å². The van der Waals surface area contributed by atoms with Crippen molar-refractivity contribution < 1.29 is 9.47 Å². The minimum absolute atomic E-state index is 0.412. The number of aromatic nitrogens is 1. The highest BCUT2D eigenvalue weighted by Gasteiger charge is 2.05. The summed E-state index contributed by atoms with van der Waals surface area (Å²) in [7, 11) is 3.26. The van der Waals surface area contributed by atoms with Crippen LogP contribution in [-0.4, -0.2) is 31.7 Å². The quantitative estimate of drug-likeness (QED) is 0.450. The third kappa shape index (κ3) is 5.23. The Morgan fingerprint density at radius 3 is 2.64 bits per heavy atom. The lowest BCUT2D eigenvalue weighted by atomic mass is 10.1. The Kier molecular flexibility index (Phi) is 6.86. The molecule has 0 fully saturated rings. The first-order valence-electron chi connectivity index (χ1n) is 8.94. The number of methoxy groups -OCH3 is 2. The number of aliphatic imine (C=N–C) groups is 1. The van der Waals surface area contributed by atoms with Gasteiger partial charge in [-0.25, -0.2) is 9.98 Å². The Labute approximate surface area is 169 Å². The second-order valence-corrected chi connectivity index (χ2v) is 6.94. The average Bonchev–Trinajstić information content (AvgIpc) is 3.22. The van der Waals surface area contributed by atoms with E-state index in [4.69, 9.17) is 15.2 Å². The second-order valence-electron chi connectivity index (χ2n) is 6.08. The van der Waals surface area contributed by atoms with Crippen molar-refractivity contribution in [1.82, 2.24) is 10.3 Å². The van der Waals surface area contributed by atoms with Gasteiger partial charge >= 0.3 is 0 Å². The van der Waals surface area contributed by atoms with E-state index in [-0.39, 0.29) is 0 Å². The third-order valence-electron chi connectivity index (χ3n) is 4.15. The topological polar surface area (TPSA) is 81.8 Å². The number of rotatable bonds is 8. The van der Waals surface area contributed by atoms with E-state index in [1.165, 1.54) is 0 Å². The maximum atomic E-state index is 5.98. The number of hydrogen-bond donors (Lipinski definition) is 2. The molecule has 0 spiro atoms. The molecular weight excluding hydrogens is 372 g/mol. The smallest absolute Gasteiger partial charge is 0.188 e. The summed E-state index contributed by atoms with van der Waals surface area (Å²) < 4.78 is 10.6. The summed E-state index contributed by atoms with van der Waals surface area (Å²) in [6.45, 7) is 1.13. The van der Waals surface area contributed by atoms with Crippen LogP contribution in [0.3, 0.4) is 0 Å². The highest BCUT2D eigenvalue weighted by atomic mass is 32.1. The Bertz CT molecular complexity index is 925. The van der Waals surface area contributed by atoms with Crippen LogP contribution >= 0.6 is 11.3 Å². The molecule has 3 aromatic rings. The monoisotopic (exact) mass is 396 g/mol. The number of nitrogens with zero attached hydrogens (tertiary/aromatic N) is 2. The minimum atomic E-state index is 0.412. The number of nitrogens with two attached hydrogens (primary N) is 1. The fourth-order valence-electron chi connectivity index (χ4n) is 2.69. The molecule has 7 heteroatoms. The molecule has 0 saturated heterocycles. The van der Waals surface area contributed by atoms with Crippen LogP contribution in [0.25, 0.3) is 10.6 Å². The largest absolute Gasteiger partial charge is 0.493 e. The van der Waals surface area contributed by atoms with Crippen molar-refractivity contribution in [3.8, 4) is 22.1 Å². The van der Waals surface area contributed by atoms with Gasteiger partial charge in [-0.15, -0.1) is 11.3 Å². The molecule has 1 heterocycles. The molecule has 3 N–H and O–H groups in total. The zero-order valence-corrected chi connectivity index (χ0v) is 16.8. The Hall–Kier alpha value is -3.06. The zero-order valence-electron chi connectivity index (χ0n) is 16.0. The summed E-state index contributed by atoms with van der Waals surface area (Å²) in [5.74, 6) is 1.85. The number of hydrogen-bond acceptors (Lipinski definition) is 5. The molecule has 0 saturated carbocycles. The van der Waals surface area contributed by atoms with Gasteiger partial charge in [-0.1, -0.05) is 36.4 Å². The highest BCUT2D eigenvalue weighted by Crippen LogP contribution is 2.27. The van der Waals surface area contributed by atoms with Crippen molar-refractivity contribution in [2.24, 2.45) is 10.7 Å². The third-order valence-corrected chi connectivity index (χ3v) is 5.09. The molecule has 28 heavy (non-hydrogen) atoms. The van der Waals surface area contributed by atoms with Crippen LogP contribution in [0.2, 0.25) is 0 Å². The Morgan fingerprint density at radius 1 is 1.11 bits per heavy atom. The summed E-state index contributed by atoms with van der Waals surface area (Å²) in [5, 5.41) is 6.15. The summed E-state index contributed by atoms with van der Waals surface area (Å²) in [6.07, 6.45) is 0.797. The number of guanidine groups is 1. The van der Waals surface area contributed by atoms with E-state index in [0.717, 1.165) is 39.7 Å². The lowest BCUT2D eigenvalue weighted by Gasteiger charge is -2.10. The van der Waals surface area contributed by atoms with Crippen molar-refractivity contribution in [3.63, 3.8) is 0 Å². The van der Waals surface area contributed by atoms with Gasteiger partial charge in [-0.2, -0.15) is 0 Å². The van der Waals surface area contributed by atoms with Crippen LogP contribution in [0.5, 0.6) is 11.5 Å². The summed E-state index contributed by atoms with van der Waals surface area (Å²) >= 11 is 1.61. The molecule has 0 aliphatic carbocycles. The van der Waals surface area contributed by atoms with E-state index in [2.05, 4.69) is 27.4 Å². The number of ether oxygens (including phenoxy) is 2. The fraction of sp³-hybridized carbons (Fsp3) is 0.238. The van der Waals surface area contributed by atoms with Crippen LogP contribution in [0.4, 0.5) is 0 Å². The minimum Gasteiger partial charge on any atom is -0.493 e. The number of thiazole rings is 1. The maximum Gasteiger partial charge on any atom is 0.188 e. The molecule has 146 valence electrons. The van der Waals surface area contributed by atoms with Crippen molar-refractivity contribution in [2.75, 3.05) is 20.8 Å². The first kappa shape index (κ1) is 19.7. The molecule has 2 aromatic carbocycles. The molecule has 0 aliphatic rings. The Morgan fingerprint density at radius 2 is 1.89 bits per heavy atom. The summed E-state index contributed by atoms with van der Waals surface area (Å²) in [4.78, 5) is 8.99. The van der Waals surface area contributed by atoms with E-state index in [9.17, 15) is 0 Å². The maximum absolute atomic E-state index is 5.98. The first-order chi connectivity index (χ1) is 13.7. The highest BCUT2D eigenvalue weighted by molar-refractivity contribution is 7.13. The van der Waals surface area contributed by atoms with Gasteiger partial charge in [0.2, 0.25) is 0 Å². The molecule has 0 unspecified atom stereocenters. The molecule has 0 bridgehead atoms. The van der Waals surface area contributed by atoms with E-state index in [1.807, 2.05) is 41.8 Å². The normalized spacial score (nSPS) is 11.3. The standard InChI is InChI=1S/C21H24N4O2S/c1-26-18-9-8-15(12-19(18)27-2)10-11-23-21(22)24-13-17-14-28-20(25-17)16-6-4-3-5-7-16/h3-9,12,14H,10-11,13H2,1-2H3,(H3,22,23,24). The van der Waals surface area contributed by atoms with Crippen LogP contribution in [0, 0.1) is 0 Å². The van der Waals surface area contributed by atoms with Crippen LogP contribution in [0.15, 0.2) is 58.9 Å². The Balaban J connectivity index is 1.49. The van der Waals surface area contributed by atoms with E-state index < -0.39 is 0 Å². The van der Waals surface area contributed by atoms with Crippen LogP contribution in [0.1, 0.15) is 11.3 Å². The molecule has 0 atom stereocenters. The first-order valence-corrected chi connectivity index (χ1v) is 9.82. The predicted molar refractivity (Wildman–Crippen MR) is 114 cm³/mol. The van der Waals surface area contributed by atoms with Gasteiger partial charge in [-0.05, 0) is 24.1 Å². The van der Waals surface area contributed by atoms with Gasteiger partial charge < -0.3 is 20.5 Å². The van der Waals surface area contributed by atoms with E-state index in [0.29, 0.717) is 19.0 Å². The van der Waals surface area contributed by atoms with Gasteiger partial charge in [-0.3, -0.25) is 0 Å².